The molecule has 0 atom stereocenters. The van der Waals surface area contributed by atoms with Crippen molar-refractivity contribution in [3.63, 3.8) is 0 Å². The van der Waals surface area contributed by atoms with E-state index in [1.807, 2.05) is 6.07 Å². The second-order valence-corrected chi connectivity index (χ2v) is 7.21. The number of rotatable bonds is 5. The van der Waals surface area contributed by atoms with Crippen LogP contribution in [0.3, 0.4) is 0 Å². The number of hydrogen-bond donors (Lipinski definition) is 1. The molecule has 130 valence electrons. The lowest BCUT2D eigenvalue weighted by atomic mass is 9.82. The van der Waals surface area contributed by atoms with Crippen LogP contribution in [0.25, 0.3) is 0 Å². The monoisotopic (exact) mass is 334 g/mol. The van der Waals surface area contributed by atoms with E-state index in [1.54, 1.807) is 12.4 Å². The van der Waals surface area contributed by atoms with Crippen molar-refractivity contribution < 1.29 is 0 Å². The summed E-state index contributed by atoms with van der Waals surface area (Å²) in [6.45, 7) is 0.958. The Labute approximate surface area is 149 Å². The third kappa shape index (κ3) is 4.06. The highest BCUT2D eigenvalue weighted by molar-refractivity contribution is 6.02. The Kier molecular flexibility index (Phi) is 5.05. The molecule has 0 bridgehead atoms. The minimum atomic E-state index is 0.520. The van der Waals surface area contributed by atoms with Gasteiger partial charge >= 0.3 is 0 Å². The van der Waals surface area contributed by atoms with Crippen LogP contribution in [0, 0.1) is 5.92 Å². The van der Waals surface area contributed by atoms with Crippen molar-refractivity contribution in [2.75, 3.05) is 11.9 Å². The average Bonchev–Trinajstić information content (AvgIpc) is 2.68. The Bertz CT molecular complexity index is 718. The molecule has 0 unspecified atom stereocenters. The molecule has 0 radical (unpaired) electrons. The zero-order chi connectivity index (χ0) is 16.9. The Morgan fingerprint density at radius 1 is 0.960 bits per heavy atom. The molecular weight excluding hydrogens is 308 g/mol. The molecule has 2 aliphatic rings. The van der Waals surface area contributed by atoms with E-state index in [0.29, 0.717) is 6.04 Å². The molecule has 1 aromatic heterocycles. The number of nitrogens with one attached hydrogen (secondary N) is 1. The first-order valence-electron chi connectivity index (χ1n) is 9.53. The van der Waals surface area contributed by atoms with Crippen molar-refractivity contribution in [3.8, 4) is 0 Å². The predicted octanol–water partition coefficient (Wildman–Crippen LogP) is 4.27. The molecule has 2 heterocycles. The van der Waals surface area contributed by atoms with Gasteiger partial charge in [-0.3, -0.25) is 4.99 Å². The minimum absolute atomic E-state index is 0.520. The maximum atomic E-state index is 4.81. The van der Waals surface area contributed by atoms with Crippen LogP contribution >= 0.6 is 0 Å². The van der Waals surface area contributed by atoms with E-state index in [4.69, 9.17) is 4.99 Å². The van der Waals surface area contributed by atoms with Gasteiger partial charge in [0.15, 0.2) is 0 Å². The Balaban J connectivity index is 1.26. The molecule has 0 spiro atoms. The smallest absolute Gasteiger partial charge is 0.222 e. The van der Waals surface area contributed by atoms with E-state index < -0.39 is 0 Å². The standard InChI is InChI=1S/C21H26N4/c1-2-5-19-17(4-1)12-15-22-20(19)11-8-16-6-9-18(10-7-16)25-21-23-13-3-14-24-21/h1-5,13-14,16,18H,6-12,15H2,(H,23,24,25). The first-order valence-corrected chi connectivity index (χ1v) is 9.53. The molecule has 4 heteroatoms. The van der Waals surface area contributed by atoms with Crippen LogP contribution in [0.2, 0.25) is 0 Å². The molecular formula is C21H26N4. The highest BCUT2D eigenvalue weighted by Gasteiger charge is 2.22. The summed E-state index contributed by atoms with van der Waals surface area (Å²) < 4.78 is 0. The summed E-state index contributed by atoms with van der Waals surface area (Å²) in [5, 5.41) is 3.47. The van der Waals surface area contributed by atoms with Crippen LogP contribution < -0.4 is 5.32 Å². The summed E-state index contributed by atoms with van der Waals surface area (Å²) in [7, 11) is 0. The van der Waals surface area contributed by atoms with Gasteiger partial charge in [0.1, 0.15) is 0 Å². The fourth-order valence-corrected chi connectivity index (χ4v) is 4.12. The van der Waals surface area contributed by atoms with E-state index in [0.717, 1.165) is 31.3 Å². The fraction of sp³-hybridized carbons (Fsp3) is 0.476. The van der Waals surface area contributed by atoms with Crippen molar-refractivity contribution >= 4 is 11.7 Å². The lowest BCUT2D eigenvalue weighted by molar-refractivity contribution is 0.324. The largest absolute Gasteiger partial charge is 0.351 e. The Morgan fingerprint density at radius 3 is 2.60 bits per heavy atom. The molecule has 1 aromatic carbocycles. The molecule has 1 N–H and O–H groups in total. The molecule has 4 nitrogen and oxygen atoms in total. The fourth-order valence-electron chi connectivity index (χ4n) is 4.12. The van der Waals surface area contributed by atoms with Gasteiger partial charge in [0.25, 0.3) is 0 Å². The van der Waals surface area contributed by atoms with E-state index in [-0.39, 0.29) is 0 Å². The minimum Gasteiger partial charge on any atom is -0.351 e. The van der Waals surface area contributed by atoms with Crippen LogP contribution in [0.1, 0.15) is 49.7 Å². The van der Waals surface area contributed by atoms with Crippen molar-refractivity contribution in [1.82, 2.24) is 9.97 Å². The van der Waals surface area contributed by atoms with Gasteiger partial charge in [-0.2, -0.15) is 0 Å². The van der Waals surface area contributed by atoms with Gasteiger partial charge in [0.05, 0.1) is 0 Å². The van der Waals surface area contributed by atoms with Crippen molar-refractivity contribution in [3.05, 3.63) is 53.9 Å². The van der Waals surface area contributed by atoms with Crippen molar-refractivity contribution in [2.24, 2.45) is 10.9 Å². The zero-order valence-electron chi connectivity index (χ0n) is 14.7. The normalized spacial score (nSPS) is 22.8. The quantitative estimate of drug-likeness (QED) is 0.888. The van der Waals surface area contributed by atoms with Gasteiger partial charge in [0.2, 0.25) is 5.95 Å². The van der Waals surface area contributed by atoms with E-state index in [2.05, 4.69) is 39.6 Å². The van der Waals surface area contributed by atoms with Gasteiger partial charge in [-0.15, -0.1) is 0 Å². The first-order chi connectivity index (χ1) is 12.4. The number of aromatic nitrogens is 2. The Hall–Kier alpha value is -2.23. The molecule has 0 saturated heterocycles. The third-order valence-corrected chi connectivity index (χ3v) is 5.55. The Morgan fingerprint density at radius 2 is 1.76 bits per heavy atom. The van der Waals surface area contributed by atoms with E-state index in [1.165, 1.54) is 48.9 Å². The topological polar surface area (TPSA) is 50.2 Å². The summed E-state index contributed by atoms with van der Waals surface area (Å²) in [5.74, 6) is 1.59. The lowest BCUT2D eigenvalue weighted by Crippen LogP contribution is -2.27. The number of hydrogen-bond acceptors (Lipinski definition) is 4. The molecule has 25 heavy (non-hydrogen) atoms. The summed E-state index contributed by atoms with van der Waals surface area (Å²) in [6, 6.07) is 11.2. The van der Waals surface area contributed by atoms with Crippen molar-refractivity contribution in [1.29, 1.82) is 0 Å². The second-order valence-electron chi connectivity index (χ2n) is 7.21. The maximum absolute atomic E-state index is 4.81. The number of nitrogens with zero attached hydrogens (tertiary/aromatic N) is 3. The van der Waals surface area contributed by atoms with Crippen LogP contribution in [-0.4, -0.2) is 28.3 Å². The number of aliphatic imine (C=N–C) groups is 1. The van der Waals surface area contributed by atoms with E-state index >= 15 is 0 Å². The van der Waals surface area contributed by atoms with Gasteiger partial charge in [-0.05, 0) is 68.1 Å². The van der Waals surface area contributed by atoms with Gasteiger partial charge in [-0.1, -0.05) is 24.3 Å². The van der Waals surface area contributed by atoms with Gasteiger partial charge < -0.3 is 5.32 Å². The SMILES string of the molecule is c1cnc(NC2CCC(CCC3=NCCc4ccccc43)CC2)nc1. The molecule has 1 aliphatic heterocycles. The second kappa shape index (κ2) is 7.77. The highest BCUT2D eigenvalue weighted by atomic mass is 15.1. The number of fused-ring (bicyclic) bond motifs is 1. The van der Waals surface area contributed by atoms with Crippen LogP contribution in [-0.2, 0) is 6.42 Å². The summed E-state index contributed by atoms with van der Waals surface area (Å²) in [4.78, 5) is 13.4. The average molecular weight is 334 g/mol. The van der Waals surface area contributed by atoms with Crippen LogP contribution in [0.15, 0.2) is 47.7 Å². The maximum Gasteiger partial charge on any atom is 0.222 e. The molecule has 0 amide bonds. The highest BCUT2D eigenvalue weighted by Crippen LogP contribution is 2.30. The first kappa shape index (κ1) is 16.2. The molecule has 4 rings (SSSR count). The number of anilines is 1. The third-order valence-electron chi connectivity index (χ3n) is 5.55. The van der Waals surface area contributed by atoms with Gasteiger partial charge in [0, 0.05) is 30.7 Å². The summed E-state index contributed by atoms with van der Waals surface area (Å²) in [5.41, 5.74) is 4.20. The van der Waals surface area contributed by atoms with Gasteiger partial charge in [-0.25, -0.2) is 9.97 Å². The zero-order valence-corrected chi connectivity index (χ0v) is 14.7. The lowest BCUT2D eigenvalue weighted by Gasteiger charge is -2.29. The predicted molar refractivity (Wildman–Crippen MR) is 102 cm³/mol. The summed E-state index contributed by atoms with van der Waals surface area (Å²) in [6.07, 6.45) is 12.1. The van der Waals surface area contributed by atoms with Crippen molar-refractivity contribution in [2.45, 2.75) is 51.0 Å². The molecule has 1 fully saturated rings. The van der Waals surface area contributed by atoms with Crippen LogP contribution in [0.5, 0.6) is 0 Å². The summed E-state index contributed by atoms with van der Waals surface area (Å²) >= 11 is 0. The van der Waals surface area contributed by atoms with E-state index in [9.17, 15) is 0 Å². The van der Waals surface area contributed by atoms with Crippen LogP contribution in [0.4, 0.5) is 5.95 Å². The number of benzene rings is 1. The molecule has 1 saturated carbocycles. The molecule has 1 aliphatic carbocycles. The molecule has 2 aromatic rings.